The first-order valence-corrected chi connectivity index (χ1v) is 41.6. The number of benzene rings is 4. The highest BCUT2D eigenvalue weighted by Gasteiger charge is 2.47. The lowest BCUT2D eigenvalue weighted by Crippen LogP contribution is -2.62. The number of hydrogen-bond donors (Lipinski definition) is 8. The maximum absolute atomic E-state index is 11.9. The van der Waals surface area contributed by atoms with E-state index in [2.05, 4.69) is 166 Å². The van der Waals surface area contributed by atoms with Gasteiger partial charge in [0.05, 0.1) is 40.8 Å². The van der Waals surface area contributed by atoms with E-state index in [-0.39, 0.29) is 50.9 Å². The summed E-state index contributed by atoms with van der Waals surface area (Å²) in [6.07, 6.45) is 25.7. The van der Waals surface area contributed by atoms with Gasteiger partial charge < -0.3 is 56.0 Å². The Morgan fingerprint density at radius 2 is 0.892 bits per heavy atom. The van der Waals surface area contributed by atoms with Gasteiger partial charge in [0.2, 0.25) is 20.5 Å². The van der Waals surface area contributed by atoms with Crippen LogP contribution in [-0.2, 0) is 20.5 Å². The van der Waals surface area contributed by atoms with Crippen molar-refractivity contribution >= 4 is 71.7 Å². The van der Waals surface area contributed by atoms with Crippen LogP contribution in [0.15, 0.2) is 104 Å². The number of anilines is 4. The number of aryl methyl sites for hydroxylation is 3. The standard InChI is InChI=1S/C21H28N6OS.C21H28N4O2S.C20H23N5OS.C19H22N6OS/c1-20(2)9-15(10-21(3,4)26-20)27(5)19-25-24-18(29-19)16-7-6-13(8-17(16)28)14-11-22-23-12-14;1-20(2)10-13(11-21(3,4)24-20)25(5)19-23-22-18(28-19)15-8-12-6-7-16(26)14(12)9-17(15)27;1-24-11-15(10-21-24)14-5-6-16(17(26)9-14)18-22-23-19(27-18)25-12-20(13-25)7-3-2-4-8-20;1-24-9-14(8-21-24)13-3-4-15(16(26)7-13)17-22-23-18(27-17)25-11-19(12-25)5-2-6-20-10-19/h6-8,11-12,15,26,28H,9-10H2,1-5H3,(H,22,23);8-9,13,24,27H,6-7,10-11H2,1-5H3;5-6,9-11,26H,2-4,7-8,12-13H2,1H3;3-4,7-9,20,26H,2,5-6,10-12H2,1H3. The highest BCUT2D eigenvalue weighted by molar-refractivity contribution is 7.19. The van der Waals surface area contributed by atoms with Crippen molar-refractivity contribution < 1.29 is 25.2 Å². The maximum atomic E-state index is 11.9. The summed E-state index contributed by atoms with van der Waals surface area (Å²) in [6.45, 7) is 24.5. The Hall–Kier alpha value is -9.30. The lowest BCUT2D eigenvalue weighted by molar-refractivity contribution is 0.0994. The molecule has 0 bridgehead atoms. The van der Waals surface area contributed by atoms with Crippen molar-refractivity contribution in [2.45, 2.75) is 173 Å². The monoisotopic (exact) mass is 1580 g/mol. The second-order valence-electron chi connectivity index (χ2n) is 34.2. The first kappa shape index (κ1) is 77.0. The van der Waals surface area contributed by atoms with Gasteiger partial charge in [-0.25, -0.2) is 0 Å². The Kier molecular flexibility index (Phi) is 21.3. The third kappa shape index (κ3) is 17.1. The highest BCUT2D eigenvalue weighted by atomic mass is 32.1. The average molecular weight is 1580 g/mol. The van der Waals surface area contributed by atoms with Crippen LogP contribution in [0.4, 0.5) is 20.5 Å². The molecular formula is C81H101N21O5S4. The fourth-order valence-electron chi connectivity index (χ4n) is 17.8. The summed E-state index contributed by atoms with van der Waals surface area (Å²) in [5, 5.41) is 110. The molecule has 26 nitrogen and oxygen atoms in total. The van der Waals surface area contributed by atoms with E-state index >= 15 is 0 Å². The zero-order valence-electron chi connectivity index (χ0n) is 65.3. The van der Waals surface area contributed by atoms with Gasteiger partial charge >= 0.3 is 0 Å². The van der Waals surface area contributed by atoms with Crippen LogP contribution in [0.2, 0.25) is 0 Å². The number of aromatic amines is 1. The largest absolute Gasteiger partial charge is 0.507 e. The van der Waals surface area contributed by atoms with Gasteiger partial charge in [-0.3, -0.25) is 19.3 Å². The van der Waals surface area contributed by atoms with E-state index in [1.807, 2.05) is 69.0 Å². The number of piperidine rings is 3. The summed E-state index contributed by atoms with van der Waals surface area (Å²) < 4.78 is 3.50. The summed E-state index contributed by atoms with van der Waals surface area (Å²) in [5.74, 6) is 0.842. The van der Waals surface area contributed by atoms with Crippen LogP contribution in [0.3, 0.4) is 0 Å². The van der Waals surface area contributed by atoms with Gasteiger partial charge in [-0.1, -0.05) is 82.8 Å². The molecule has 7 aliphatic rings. The molecule has 0 radical (unpaired) electrons. The number of rotatable bonds is 13. The molecule has 0 unspecified atom stereocenters. The average Bonchev–Trinajstić information content (AvgIpc) is 1.64. The number of nitrogens with one attached hydrogen (secondary N) is 4. The maximum Gasteiger partial charge on any atom is 0.208 e. The summed E-state index contributed by atoms with van der Waals surface area (Å²) in [7, 11) is 7.93. The van der Waals surface area contributed by atoms with Gasteiger partial charge in [0.25, 0.3) is 0 Å². The molecule has 0 amide bonds. The Bertz CT molecular complexity index is 4930. The fourth-order valence-corrected chi connectivity index (χ4v) is 21.4. The van der Waals surface area contributed by atoms with Gasteiger partial charge in [-0.2, -0.15) is 15.3 Å². The number of H-pyrrole nitrogens is 1. The van der Waals surface area contributed by atoms with E-state index in [1.54, 1.807) is 81.1 Å². The predicted octanol–water partition coefficient (Wildman–Crippen LogP) is 14.4. The summed E-state index contributed by atoms with van der Waals surface area (Å²) in [6, 6.07) is 21.1. The topological polar surface area (TPSA) is 314 Å². The minimum Gasteiger partial charge on any atom is -0.507 e. The normalized spacial score (nSPS) is 19.2. The number of aromatic hydroxyl groups is 4. The van der Waals surface area contributed by atoms with Crippen LogP contribution in [0.25, 0.3) is 75.7 Å². The molecule has 5 aliphatic heterocycles. The van der Waals surface area contributed by atoms with Crippen LogP contribution in [-0.4, -0.2) is 184 Å². The number of nitrogens with zero attached hydrogens (tertiary/aromatic N) is 17. The molecule has 5 saturated heterocycles. The SMILES string of the molecule is CN(c1nnc(-c2cc3c(cc2O)C(=O)CC3)s1)C1CC(C)(C)NC(C)(C)C1.CN(c1nnc(-c2ccc(-c3cn[nH]c3)cc2O)s1)C1CC(C)(C)NC(C)(C)C1.Cn1cc(-c2ccc(-c3nnc(N4CC5(CCCCC5)C4)s3)c(O)c2)cn1.Cn1cc(-c2ccc(-c3nnc(N4CC5(CCCNC5)C4)s3)c(O)c2)cn1. The van der Waals surface area contributed by atoms with Crippen LogP contribution in [0.5, 0.6) is 23.0 Å². The lowest BCUT2D eigenvalue weighted by atomic mass is 9.69. The van der Waals surface area contributed by atoms with Crippen molar-refractivity contribution in [3.05, 3.63) is 115 Å². The molecule has 4 aromatic carbocycles. The Labute approximate surface area is 663 Å². The molecule has 30 heteroatoms. The molecule has 1 saturated carbocycles. The quantitative estimate of drug-likeness (QED) is 0.0532. The van der Waals surface area contributed by atoms with Crippen molar-refractivity contribution in [2.75, 3.05) is 73.0 Å². The number of phenolic OH excluding ortho intramolecular Hbond substituents is 4. The molecule has 111 heavy (non-hydrogen) atoms. The molecule has 2 aliphatic carbocycles. The first-order chi connectivity index (χ1) is 52.9. The highest BCUT2D eigenvalue weighted by Crippen LogP contribution is 2.49. The summed E-state index contributed by atoms with van der Waals surface area (Å²) in [4.78, 5) is 21.0. The number of ketones is 1. The van der Waals surface area contributed by atoms with Gasteiger partial charge in [0.15, 0.2) is 25.8 Å². The molecule has 18 rings (SSSR count). The molecule has 0 atom stereocenters. The Morgan fingerprint density at radius 1 is 0.459 bits per heavy atom. The van der Waals surface area contributed by atoms with Gasteiger partial charge in [-0.05, 0) is 191 Å². The van der Waals surface area contributed by atoms with Crippen molar-refractivity contribution in [1.29, 1.82) is 0 Å². The third-order valence-corrected chi connectivity index (χ3v) is 26.9. The Morgan fingerprint density at radius 3 is 1.32 bits per heavy atom. The molecule has 584 valence electrons. The van der Waals surface area contributed by atoms with Crippen molar-refractivity contribution in [3.8, 4) is 98.7 Å². The number of Topliss-reactive ketones (excluding diaryl/α,β-unsaturated/α-hetero) is 1. The number of carbonyl (C=O) groups excluding carboxylic acids is 1. The molecule has 6 fully saturated rings. The summed E-state index contributed by atoms with van der Waals surface area (Å²) in [5.41, 5.74) is 11.3. The molecule has 7 aromatic heterocycles. The first-order valence-electron chi connectivity index (χ1n) is 38.4. The van der Waals surface area contributed by atoms with Crippen molar-refractivity contribution in [2.24, 2.45) is 24.9 Å². The molecule has 2 spiro atoms. The van der Waals surface area contributed by atoms with Gasteiger partial charge in [0, 0.05) is 153 Å². The zero-order chi connectivity index (χ0) is 77.9. The van der Waals surface area contributed by atoms with Crippen molar-refractivity contribution in [3.63, 3.8) is 0 Å². The molecule has 11 aromatic rings. The number of hydrogen-bond acceptors (Lipinski definition) is 27. The van der Waals surface area contributed by atoms with E-state index < -0.39 is 0 Å². The van der Waals surface area contributed by atoms with Crippen LogP contribution in [0, 0.1) is 10.8 Å². The lowest BCUT2D eigenvalue weighted by Gasteiger charge is -2.52. The number of aromatic nitrogens is 14. The predicted molar refractivity (Wildman–Crippen MR) is 443 cm³/mol. The zero-order valence-corrected chi connectivity index (χ0v) is 68.6. The van der Waals surface area contributed by atoms with Crippen LogP contribution < -0.4 is 35.6 Å². The molecule has 12 heterocycles. The summed E-state index contributed by atoms with van der Waals surface area (Å²) >= 11 is 6.11. The van der Waals surface area contributed by atoms with Crippen LogP contribution in [0.1, 0.15) is 148 Å². The molecular weight excluding hydrogens is 1480 g/mol. The second kappa shape index (κ2) is 30.7. The molecule has 8 N–H and O–H groups in total. The number of phenols is 4. The van der Waals surface area contributed by atoms with E-state index in [0.717, 1.165) is 157 Å². The fraction of sp³-hybridized carbons (Fsp3) is 0.481. The minimum absolute atomic E-state index is 0.0545. The van der Waals surface area contributed by atoms with E-state index in [9.17, 15) is 25.2 Å². The van der Waals surface area contributed by atoms with E-state index in [4.69, 9.17) is 0 Å². The smallest absolute Gasteiger partial charge is 0.208 e. The van der Waals surface area contributed by atoms with Gasteiger partial charge in [0.1, 0.15) is 23.0 Å². The minimum atomic E-state index is 0.0545. The number of carbonyl (C=O) groups is 1. The van der Waals surface area contributed by atoms with Crippen LogP contribution >= 0.6 is 45.3 Å². The number of fused-ring (bicyclic) bond motifs is 1. The van der Waals surface area contributed by atoms with E-state index in [1.165, 1.54) is 67.6 Å². The van der Waals surface area contributed by atoms with E-state index in [0.29, 0.717) is 51.0 Å². The van der Waals surface area contributed by atoms with Crippen molar-refractivity contribution in [1.82, 2.24) is 86.5 Å². The van der Waals surface area contributed by atoms with Gasteiger partial charge in [-0.15, -0.1) is 40.8 Å². The second-order valence-corrected chi connectivity index (χ2v) is 38.0. The third-order valence-electron chi connectivity index (χ3n) is 22.8. The Balaban J connectivity index is 0.000000117.